The van der Waals surface area contributed by atoms with Crippen molar-refractivity contribution in [2.45, 2.75) is 45.8 Å². The number of hydrogen-bond acceptors (Lipinski definition) is 4. The minimum absolute atomic E-state index is 0.0357. The van der Waals surface area contributed by atoms with Crippen molar-refractivity contribution >= 4 is 33.7 Å². The monoisotopic (exact) mass is 462 g/mol. The fourth-order valence-electron chi connectivity index (χ4n) is 3.21. The highest BCUT2D eigenvalue weighted by molar-refractivity contribution is 9.10. The van der Waals surface area contributed by atoms with E-state index in [9.17, 15) is 9.59 Å². The summed E-state index contributed by atoms with van der Waals surface area (Å²) in [6.07, 6.45) is 2.60. The first kappa shape index (κ1) is 21.4. The van der Waals surface area contributed by atoms with Gasteiger partial charge in [0, 0.05) is 29.5 Å². The Hall–Kier alpha value is -2.35. The highest BCUT2D eigenvalue weighted by Crippen LogP contribution is 2.22. The molecule has 1 aromatic carbocycles. The lowest BCUT2D eigenvalue weighted by Crippen LogP contribution is -2.43. The van der Waals surface area contributed by atoms with Gasteiger partial charge in [-0.1, -0.05) is 28.1 Å². The predicted octanol–water partition coefficient (Wildman–Crippen LogP) is 4.28. The van der Waals surface area contributed by atoms with Crippen LogP contribution in [0.3, 0.4) is 0 Å². The van der Waals surface area contributed by atoms with Crippen LogP contribution >= 0.6 is 15.9 Å². The van der Waals surface area contributed by atoms with E-state index in [2.05, 4.69) is 26.3 Å². The van der Waals surface area contributed by atoms with Crippen LogP contribution in [-0.2, 0) is 16.1 Å². The van der Waals surface area contributed by atoms with Gasteiger partial charge in [-0.15, -0.1) is 0 Å². The molecule has 1 aromatic heterocycles. The third-order valence-electron chi connectivity index (χ3n) is 4.73. The van der Waals surface area contributed by atoms with Gasteiger partial charge in [0.05, 0.1) is 12.7 Å². The van der Waals surface area contributed by atoms with Crippen molar-refractivity contribution in [2.75, 3.05) is 18.4 Å². The number of hydrogen-bond donors (Lipinski definition) is 1. The smallest absolute Gasteiger partial charge is 0.410 e. The van der Waals surface area contributed by atoms with Crippen molar-refractivity contribution in [3.63, 3.8) is 0 Å². The summed E-state index contributed by atoms with van der Waals surface area (Å²) in [5, 5.41) is 7.31. The summed E-state index contributed by atoms with van der Waals surface area (Å²) in [5.74, 6) is 0.503. The molecule has 156 valence electrons. The molecule has 2 amide bonds. The SMILES string of the molecule is CC(C)(C)OC(=O)N1CCC(C(=O)Nc2ccnn2Cc2ccc(Br)cc2)CC1. The van der Waals surface area contributed by atoms with Crippen LogP contribution in [0.5, 0.6) is 0 Å². The van der Waals surface area contributed by atoms with Crippen LogP contribution in [0, 0.1) is 5.92 Å². The van der Waals surface area contributed by atoms with Crippen molar-refractivity contribution in [3.05, 3.63) is 46.6 Å². The number of carbonyl (C=O) groups is 2. The summed E-state index contributed by atoms with van der Waals surface area (Å²) in [5.41, 5.74) is 0.580. The van der Waals surface area contributed by atoms with Gasteiger partial charge in [-0.2, -0.15) is 5.10 Å². The third kappa shape index (κ3) is 6.06. The van der Waals surface area contributed by atoms with Gasteiger partial charge >= 0.3 is 6.09 Å². The van der Waals surface area contributed by atoms with Crippen LogP contribution in [0.1, 0.15) is 39.2 Å². The fraction of sp³-hybridized carbons (Fsp3) is 0.476. The number of nitrogens with one attached hydrogen (secondary N) is 1. The highest BCUT2D eigenvalue weighted by Gasteiger charge is 2.30. The van der Waals surface area contributed by atoms with E-state index in [4.69, 9.17) is 4.74 Å². The Kier molecular flexibility index (Phi) is 6.62. The van der Waals surface area contributed by atoms with E-state index in [1.165, 1.54) is 0 Å². The molecule has 1 fully saturated rings. The molecule has 1 N–H and O–H groups in total. The Labute approximate surface area is 179 Å². The normalized spacial score (nSPS) is 15.2. The van der Waals surface area contributed by atoms with Gasteiger partial charge in [0.15, 0.2) is 0 Å². The number of halogens is 1. The maximum atomic E-state index is 12.7. The lowest BCUT2D eigenvalue weighted by atomic mass is 9.96. The molecule has 0 unspecified atom stereocenters. The zero-order chi connectivity index (χ0) is 21.0. The summed E-state index contributed by atoms with van der Waals surface area (Å²) in [6.45, 7) is 7.16. The molecule has 1 aliphatic heterocycles. The van der Waals surface area contributed by atoms with Crippen molar-refractivity contribution in [2.24, 2.45) is 5.92 Å². The standard InChI is InChI=1S/C21H27BrN4O3/c1-21(2,3)29-20(28)25-12-9-16(10-13-25)19(27)24-18-8-11-23-26(18)14-15-4-6-17(22)7-5-15/h4-8,11,16H,9-10,12-14H2,1-3H3,(H,24,27). The molecule has 0 saturated carbocycles. The van der Waals surface area contributed by atoms with E-state index < -0.39 is 5.60 Å². The Bertz CT molecular complexity index is 850. The highest BCUT2D eigenvalue weighted by atomic mass is 79.9. The van der Waals surface area contributed by atoms with Gasteiger partial charge in [0.1, 0.15) is 11.4 Å². The van der Waals surface area contributed by atoms with Crippen molar-refractivity contribution in [1.29, 1.82) is 0 Å². The topological polar surface area (TPSA) is 76.5 Å². The number of likely N-dealkylation sites (tertiary alicyclic amines) is 1. The van der Waals surface area contributed by atoms with Crippen LogP contribution in [0.15, 0.2) is 41.0 Å². The quantitative estimate of drug-likeness (QED) is 0.735. The maximum Gasteiger partial charge on any atom is 0.410 e. The summed E-state index contributed by atoms with van der Waals surface area (Å²) >= 11 is 3.43. The summed E-state index contributed by atoms with van der Waals surface area (Å²) in [6, 6.07) is 9.80. The molecule has 0 radical (unpaired) electrons. The zero-order valence-corrected chi connectivity index (χ0v) is 18.6. The van der Waals surface area contributed by atoms with Crippen molar-refractivity contribution < 1.29 is 14.3 Å². The summed E-state index contributed by atoms with van der Waals surface area (Å²) in [4.78, 5) is 26.6. The van der Waals surface area contributed by atoms with Gasteiger partial charge in [0.2, 0.25) is 5.91 Å². The Morgan fingerprint density at radius 3 is 2.45 bits per heavy atom. The molecule has 0 spiro atoms. The van der Waals surface area contributed by atoms with E-state index in [1.807, 2.05) is 45.0 Å². The number of piperidine rings is 1. The number of nitrogens with zero attached hydrogens (tertiary/aromatic N) is 3. The number of carbonyl (C=O) groups excluding carboxylic acids is 2. The number of anilines is 1. The second-order valence-electron chi connectivity index (χ2n) is 8.23. The van der Waals surface area contributed by atoms with Gasteiger partial charge in [-0.05, 0) is 51.3 Å². The molecule has 2 aromatic rings. The second-order valence-corrected chi connectivity index (χ2v) is 9.15. The van der Waals surface area contributed by atoms with Crippen molar-refractivity contribution in [3.8, 4) is 0 Å². The predicted molar refractivity (Wildman–Crippen MR) is 115 cm³/mol. The Morgan fingerprint density at radius 2 is 1.83 bits per heavy atom. The molecule has 2 heterocycles. The minimum atomic E-state index is -0.515. The number of amides is 2. The molecule has 7 nitrogen and oxygen atoms in total. The maximum absolute atomic E-state index is 12.7. The third-order valence-corrected chi connectivity index (χ3v) is 5.26. The first-order valence-electron chi connectivity index (χ1n) is 9.76. The lowest BCUT2D eigenvalue weighted by molar-refractivity contribution is -0.121. The first-order valence-corrected chi connectivity index (χ1v) is 10.6. The molecule has 1 aliphatic rings. The molecule has 0 atom stereocenters. The summed E-state index contributed by atoms with van der Waals surface area (Å²) in [7, 11) is 0. The zero-order valence-electron chi connectivity index (χ0n) is 17.0. The number of ether oxygens (including phenoxy) is 1. The van der Waals surface area contributed by atoms with E-state index >= 15 is 0 Å². The average molecular weight is 463 g/mol. The second kappa shape index (κ2) is 8.98. The number of rotatable bonds is 4. The van der Waals surface area contributed by atoms with Crippen molar-refractivity contribution in [1.82, 2.24) is 14.7 Å². The van der Waals surface area contributed by atoms with Gasteiger partial charge in [0.25, 0.3) is 0 Å². The Morgan fingerprint density at radius 1 is 1.17 bits per heavy atom. The van der Waals surface area contributed by atoms with Crippen LogP contribution in [0.2, 0.25) is 0 Å². The van der Waals surface area contributed by atoms with Crippen LogP contribution in [0.4, 0.5) is 10.6 Å². The molecular formula is C21H27BrN4O3. The molecule has 29 heavy (non-hydrogen) atoms. The van der Waals surface area contributed by atoms with E-state index in [0.29, 0.717) is 38.3 Å². The van der Waals surface area contributed by atoms with E-state index in [-0.39, 0.29) is 17.9 Å². The first-order chi connectivity index (χ1) is 13.7. The van der Waals surface area contributed by atoms with Gasteiger partial charge in [-0.25, -0.2) is 9.48 Å². The van der Waals surface area contributed by atoms with Crippen LogP contribution in [0.25, 0.3) is 0 Å². The molecule has 8 heteroatoms. The largest absolute Gasteiger partial charge is 0.444 e. The number of aromatic nitrogens is 2. The van der Waals surface area contributed by atoms with Gasteiger partial charge in [-0.3, -0.25) is 4.79 Å². The molecule has 1 saturated heterocycles. The fourth-order valence-corrected chi connectivity index (χ4v) is 3.47. The minimum Gasteiger partial charge on any atom is -0.444 e. The van der Waals surface area contributed by atoms with E-state index in [1.54, 1.807) is 21.8 Å². The molecule has 3 rings (SSSR count). The molecule has 0 aliphatic carbocycles. The van der Waals surface area contributed by atoms with E-state index in [0.717, 1.165) is 10.0 Å². The molecule has 0 bridgehead atoms. The molecular weight excluding hydrogens is 436 g/mol. The van der Waals surface area contributed by atoms with Crippen LogP contribution in [-0.4, -0.2) is 45.4 Å². The summed E-state index contributed by atoms with van der Waals surface area (Å²) < 4.78 is 8.21. The lowest BCUT2D eigenvalue weighted by Gasteiger charge is -2.32. The Balaban J connectivity index is 1.54. The average Bonchev–Trinajstić information content (AvgIpc) is 3.09. The van der Waals surface area contributed by atoms with Gasteiger partial charge < -0.3 is 15.0 Å². The van der Waals surface area contributed by atoms with Crippen LogP contribution < -0.4 is 5.32 Å². The number of benzene rings is 1.